The fraction of sp³-hybridized carbons (Fsp3) is 0.235. The van der Waals surface area contributed by atoms with E-state index in [1.165, 1.54) is 16.2 Å². The Morgan fingerprint density at radius 3 is 2.76 bits per heavy atom. The van der Waals surface area contributed by atoms with E-state index >= 15 is 0 Å². The molecule has 0 atom stereocenters. The Hall–Kier alpha value is -2.03. The largest absolute Gasteiger partial charge is 0.354 e. The number of carbonyl (C=O) groups is 2. The Bertz CT molecular complexity index is 852. The highest BCUT2D eigenvalue weighted by atomic mass is 32.1. The average Bonchev–Trinajstić information content (AvgIpc) is 3.33. The summed E-state index contributed by atoms with van der Waals surface area (Å²) in [6.45, 7) is 2.53. The van der Waals surface area contributed by atoms with Crippen LogP contribution in [0.2, 0.25) is 0 Å². The average molecular weight is 392 g/mol. The molecule has 0 fully saturated rings. The standard InChI is InChI=1S/C17H17N3O2S3/c1-11-20-13(10-24-11)14-5-4-12(25-14)6-7-18-16(21)9-19-17(22)15-3-2-8-23-15/h2-5,8,10H,6-7,9H2,1H3,(H,18,21)(H,19,22). The first-order chi connectivity index (χ1) is 12.1. The number of nitrogens with zero attached hydrogens (tertiary/aromatic N) is 1. The lowest BCUT2D eigenvalue weighted by molar-refractivity contribution is -0.120. The highest BCUT2D eigenvalue weighted by Crippen LogP contribution is 2.29. The maximum absolute atomic E-state index is 11.8. The summed E-state index contributed by atoms with van der Waals surface area (Å²) in [5.41, 5.74) is 1.01. The van der Waals surface area contributed by atoms with Gasteiger partial charge in [-0.2, -0.15) is 0 Å². The Morgan fingerprint density at radius 2 is 2.04 bits per heavy atom. The second-order valence-corrected chi connectivity index (χ2v) is 8.46. The molecule has 0 aliphatic carbocycles. The molecule has 3 aromatic rings. The van der Waals surface area contributed by atoms with Gasteiger partial charge in [-0.25, -0.2) is 4.98 Å². The van der Waals surface area contributed by atoms with Crippen LogP contribution in [0.3, 0.4) is 0 Å². The molecule has 0 bridgehead atoms. The van der Waals surface area contributed by atoms with E-state index in [-0.39, 0.29) is 18.4 Å². The lowest BCUT2D eigenvalue weighted by Crippen LogP contribution is -2.37. The minimum atomic E-state index is -0.216. The first kappa shape index (κ1) is 17.8. The summed E-state index contributed by atoms with van der Waals surface area (Å²) in [6.07, 6.45) is 0.762. The van der Waals surface area contributed by atoms with Crippen molar-refractivity contribution >= 4 is 45.8 Å². The minimum absolute atomic E-state index is 0.00940. The van der Waals surface area contributed by atoms with Gasteiger partial charge in [0.1, 0.15) is 0 Å². The molecule has 0 radical (unpaired) electrons. The number of carbonyl (C=O) groups excluding carboxylic acids is 2. The number of amides is 2. The molecule has 0 saturated carbocycles. The molecule has 130 valence electrons. The van der Waals surface area contributed by atoms with Crippen molar-refractivity contribution in [2.75, 3.05) is 13.1 Å². The van der Waals surface area contributed by atoms with Crippen molar-refractivity contribution in [2.24, 2.45) is 0 Å². The Labute approximate surface area is 157 Å². The Balaban J connectivity index is 1.40. The Morgan fingerprint density at radius 1 is 1.16 bits per heavy atom. The first-order valence-corrected chi connectivity index (χ1v) is 10.3. The van der Waals surface area contributed by atoms with Gasteiger partial charge in [0.25, 0.3) is 5.91 Å². The van der Waals surface area contributed by atoms with Gasteiger partial charge in [0.2, 0.25) is 5.91 Å². The van der Waals surface area contributed by atoms with Crippen LogP contribution in [0, 0.1) is 6.92 Å². The Kier molecular flexibility index (Phi) is 5.95. The maximum atomic E-state index is 11.8. The molecule has 3 rings (SSSR count). The predicted octanol–water partition coefficient (Wildman–Crippen LogP) is 3.33. The van der Waals surface area contributed by atoms with Crippen LogP contribution in [0.4, 0.5) is 0 Å². The third-order valence-electron chi connectivity index (χ3n) is 3.38. The summed E-state index contributed by atoms with van der Waals surface area (Å²) in [7, 11) is 0. The molecule has 0 spiro atoms. The smallest absolute Gasteiger partial charge is 0.261 e. The van der Waals surface area contributed by atoms with Gasteiger partial charge >= 0.3 is 0 Å². The van der Waals surface area contributed by atoms with E-state index in [9.17, 15) is 9.59 Å². The van der Waals surface area contributed by atoms with Crippen molar-refractivity contribution in [3.63, 3.8) is 0 Å². The third-order valence-corrected chi connectivity index (χ3v) is 6.19. The van der Waals surface area contributed by atoms with Crippen LogP contribution in [0.5, 0.6) is 0 Å². The van der Waals surface area contributed by atoms with Gasteiger partial charge in [-0.15, -0.1) is 34.0 Å². The number of aryl methyl sites for hydroxylation is 1. The summed E-state index contributed by atoms with van der Waals surface area (Å²) in [4.78, 5) is 31.0. The number of thiazole rings is 1. The molecule has 0 unspecified atom stereocenters. The quantitative estimate of drug-likeness (QED) is 0.649. The number of nitrogens with one attached hydrogen (secondary N) is 2. The van der Waals surface area contributed by atoms with Crippen LogP contribution in [-0.2, 0) is 11.2 Å². The molecular weight excluding hydrogens is 374 g/mol. The summed E-state index contributed by atoms with van der Waals surface area (Å²) in [6, 6.07) is 7.68. The maximum Gasteiger partial charge on any atom is 0.261 e. The first-order valence-electron chi connectivity index (χ1n) is 7.71. The molecule has 2 N–H and O–H groups in total. The molecule has 0 aliphatic rings. The zero-order valence-corrected chi connectivity index (χ0v) is 16.0. The number of thiophene rings is 2. The zero-order chi connectivity index (χ0) is 17.6. The lowest BCUT2D eigenvalue weighted by Gasteiger charge is -2.05. The van der Waals surface area contributed by atoms with E-state index in [1.54, 1.807) is 28.7 Å². The normalized spacial score (nSPS) is 10.6. The van der Waals surface area contributed by atoms with Gasteiger partial charge in [0.05, 0.1) is 27.0 Å². The van der Waals surface area contributed by atoms with Crippen molar-refractivity contribution in [3.8, 4) is 10.6 Å². The van der Waals surface area contributed by atoms with E-state index in [4.69, 9.17) is 0 Å². The van der Waals surface area contributed by atoms with E-state index in [1.807, 2.05) is 18.4 Å². The van der Waals surface area contributed by atoms with Gasteiger partial charge in [0.15, 0.2) is 0 Å². The number of hydrogen-bond acceptors (Lipinski definition) is 6. The van der Waals surface area contributed by atoms with E-state index in [0.29, 0.717) is 11.4 Å². The number of hydrogen-bond donors (Lipinski definition) is 2. The second-order valence-electron chi connectivity index (χ2n) is 5.28. The van der Waals surface area contributed by atoms with Crippen molar-refractivity contribution < 1.29 is 9.59 Å². The SMILES string of the molecule is Cc1nc(-c2ccc(CCNC(=O)CNC(=O)c3cccs3)s2)cs1. The fourth-order valence-electron chi connectivity index (χ4n) is 2.17. The van der Waals surface area contributed by atoms with Crippen molar-refractivity contribution in [1.82, 2.24) is 15.6 Å². The predicted molar refractivity (Wildman–Crippen MR) is 104 cm³/mol. The number of aromatic nitrogens is 1. The van der Waals surface area contributed by atoms with Gasteiger partial charge in [0, 0.05) is 16.8 Å². The molecule has 25 heavy (non-hydrogen) atoms. The molecule has 8 heteroatoms. The van der Waals surface area contributed by atoms with Crippen LogP contribution in [0.15, 0.2) is 35.0 Å². The van der Waals surface area contributed by atoms with Crippen LogP contribution >= 0.6 is 34.0 Å². The summed E-state index contributed by atoms with van der Waals surface area (Å²) in [5.74, 6) is -0.400. The minimum Gasteiger partial charge on any atom is -0.354 e. The lowest BCUT2D eigenvalue weighted by atomic mass is 10.3. The van der Waals surface area contributed by atoms with E-state index < -0.39 is 0 Å². The van der Waals surface area contributed by atoms with Gasteiger partial charge in [-0.1, -0.05) is 6.07 Å². The molecule has 2 amide bonds. The molecular formula is C17H17N3O2S3. The molecule has 0 aliphatic heterocycles. The van der Waals surface area contributed by atoms with Crippen LogP contribution < -0.4 is 10.6 Å². The van der Waals surface area contributed by atoms with Gasteiger partial charge < -0.3 is 10.6 Å². The van der Waals surface area contributed by atoms with Crippen LogP contribution in [-0.4, -0.2) is 29.9 Å². The summed E-state index contributed by atoms with van der Waals surface area (Å²) < 4.78 is 0. The molecule has 0 saturated heterocycles. The number of rotatable bonds is 7. The van der Waals surface area contributed by atoms with Gasteiger partial charge in [-0.05, 0) is 36.9 Å². The van der Waals surface area contributed by atoms with Crippen molar-refractivity contribution in [3.05, 3.63) is 49.8 Å². The monoisotopic (exact) mass is 391 g/mol. The van der Waals surface area contributed by atoms with E-state index in [2.05, 4.69) is 33.1 Å². The molecule has 3 heterocycles. The summed E-state index contributed by atoms with van der Waals surface area (Å²) in [5, 5.41) is 10.4. The zero-order valence-electron chi connectivity index (χ0n) is 13.6. The summed E-state index contributed by atoms with van der Waals surface area (Å²) >= 11 is 4.69. The third kappa shape index (κ3) is 4.97. The van der Waals surface area contributed by atoms with Crippen LogP contribution in [0.1, 0.15) is 19.6 Å². The van der Waals surface area contributed by atoms with Gasteiger partial charge in [-0.3, -0.25) is 9.59 Å². The van der Waals surface area contributed by atoms with Crippen LogP contribution in [0.25, 0.3) is 10.6 Å². The molecule has 3 aromatic heterocycles. The van der Waals surface area contributed by atoms with E-state index in [0.717, 1.165) is 22.0 Å². The molecule has 5 nitrogen and oxygen atoms in total. The van der Waals surface area contributed by atoms with Crippen molar-refractivity contribution in [1.29, 1.82) is 0 Å². The molecule has 0 aromatic carbocycles. The highest BCUT2D eigenvalue weighted by Gasteiger charge is 2.09. The van der Waals surface area contributed by atoms with Crippen molar-refractivity contribution in [2.45, 2.75) is 13.3 Å². The highest BCUT2D eigenvalue weighted by molar-refractivity contribution is 7.16. The fourth-order valence-corrected chi connectivity index (χ4v) is 4.47. The second kappa shape index (κ2) is 8.37. The topological polar surface area (TPSA) is 71.1 Å².